The average Bonchev–Trinajstić information content (AvgIpc) is 3.18. The Labute approximate surface area is 173 Å². The average molecular weight is 393 g/mol. The van der Waals surface area contributed by atoms with Crippen LogP contribution in [0.1, 0.15) is 5.56 Å². The molecule has 0 saturated carbocycles. The Kier molecular flexibility index (Phi) is 4.66. The summed E-state index contributed by atoms with van der Waals surface area (Å²) in [5, 5.41) is 15.0. The first-order valence-corrected chi connectivity index (χ1v) is 9.73. The fraction of sp³-hybridized carbons (Fsp3) is 0.0385. The van der Waals surface area contributed by atoms with E-state index in [1.54, 1.807) is 0 Å². The summed E-state index contributed by atoms with van der Waals surface area (Å²) in [5.74, 6) is 0.691. The van der Waals surface area contributed by atoms with Crippen LogP contribution in [0.4, 0.5) is 0 Å². The standard InChI is InChI=1S/C26H19NO3/c28-27-24(20-12-10-19(11-13-20)18-6-2-1-3-7-18)17-29-21-14-15-26-23(16-21)22-8-4-5-9-25(22)30-26/h1-16,28H,17H2/b27-24+. The predicted molar refractivity (Wildman–Crippen MR) is 119 cm³/mol. The molecule has 4 aromatic carbocycles. The summed E-state index contributed by atoms with van der Waals surface area (Å²) >= 11 is 0. The van der Waals surface area contributed by atoms with Gasteiger partial charge in [-0.3, -0.25) is 0 Å². The molecule has 1 heterocycles. The Morgan fingerprint density at radius 2 is 1.43 bits per heavy atom. The molecule has 4 nitrogen and oxygen atoms in total. The number of nitrogens with zero attached hydrogens (tertiary/aromatic N) is 1. The van der Waals surface area contributed by atoms with Crippen LogP contribution < -0.4 is 4.74 Å². The molecule has 0 spiro atoms. The zero-order valence-electron chi connectivity index (χ0n) is 16.2. The van der Waals surface area contributed by atoms with E-state index in [4.69, 9.17) is 9.15 Å². The highest BCUT2D eigenvalue weighted by Crippen LogP contribution is 2.31. The first-order valence-electron chi connectivity index (χ1n) is 9.73. The van der Waals surface area contributed by atoms with Crippen LogP contribution in [-0.2, 0) is 0 Å². The van der Waals surface area contributed by atoms with Crippen molar-refractivity contribution in [2.24, 2.45) is 5.16 Å². The zero-order chi connectivity index (χ0) is 20.3. The highest BCUT2D eigenvalue weighted by atomic mass is 16.5. The summed E-state index contributed by atoms with van der Waals surface area (Å²) in [5.41, 5.74) is 5.19. The van der Waals surface area contributed by atoms with Crippen molar-refractivity contribution >= 4 is 27.7 Å². The van der Waals surface area contributed by atoms with E-state index in [1.807, 2.05) is 84.9 Å². The van der Waals surface area contributed by atoms with Gasteiger partial charge < -0.3 is 14.4 Å². The van der Waals surface area contributed by atoms with Crippen LogP contribution in [0, 0.1) is 0 Å². The number of para-hydroxylation sites is 1. The molecule has 5 rings (SSSR count). The van der Waals surface area contributed by atoms with E-state index < -0.39 is 0 Å². The molecule has 0 bridgehead atoms. The van der Waals surface area contributed by atoms with Crippen molar-refractivity contribution in [2.75, 3.05) is 6.61 Å². The van der Waals surface area contributed by atoms with Gasteiger partial charge in [0.15, 0.2) is 0 Å². The van der Waals surface area contributed by atoms with Gasteiger partial charge in [0.1, 0.15) is 29.2 Å². The van der Waals surface area contributed by atoms with Gasteiger partial charge in [-0.05, 0) is 35.4 Å². The lowest BCUT2D eigenvalue weighted by atomic mass is 10.0. The number of hydrogen-bond acceptors (Lipinski definition) is 4. The van der Waals surface area contributed by atoms with Gasteiger partial charge in [-0.2, -0.15) is 0 Å². The van der Waals surface area contributed by atoms with Gasteiger partial charge in [0.2, 0.25) is 0 Å². The van der Waals surface area contributed by atoms with Crippen molar-refractivity contribution in [2.45, 2.75) is 0 Å². The molecule has 0 aliphatic rings. The van der Waals surface area contributed by atoms with Crippen molar-refractivity contribution in [3.63, 3.8) is 0 Å². The molecule has 0 saturated heterocycles. The van der Waals surface area contributed by atoms with Crippen molar-refractivity contribution in [3.05, 3.63) is 103 Å². The van der Waals surface area contributed by atoms with E-state index >= 15 is 0 Å². The molecule has 1 N–H and O–H groups in total. The van der Waals surface area contributed by atoms with Gasteiger partial charge in [0.25, 0.3) is 0 Å². The number of hydrogen-bond donors (Lipinski definition) is 1. The maximum absolute atomic E-state index is 9.52. The molecular weight excluding hydrogens is 374 g/mol. The molecule has 0 aliphatic carbocycles. The second kappa shape index (κ2) is 7.76. The Morgan fingerprint density at radius 3 is 2.23 bits per heavy atom. The lowest BCUT2D eigenvalue weighted by Gasteiger charge is -2.09. The highest BCUT2D eigenvalue weighted by Gasteiger charge is 2.10. The summed E-state index contributed by atoms with van der Waals surface area (Å²) in [6.07, 6.45) is 0. The fourth-order valence-electron chi connectivity index (χ4n) is 3.60. The van der Waals surface area contributed by atoms with E-state index in [0.717, 1.165) is 38.6 Å². The molecular formula is C26H19NO3. The summed E-state index contributed by atoms with van der Waals surface area (Å²) in [6.45, 7) is 0.155. The smallest absolute Gasteiger partial charge is 0.135 e. The molecule has 146 valence electrons. The zero-order valence-corrected chi connectivity index (χ0v) is 16.2. The third-order valence-electron chi connectivity index (χ3n) is 5.17. The van der Waals surface area contributed by atoms with Gasteiger partial charge in [0.05, 0.1) is 0 Å². The van der Waals surface area contributed by atoms with Crippen molar-refractivity contribution in [1.82, 2.24) is 0 Å². The Hall–Kier alpha value is -4.05. The minimum Gasteiger partial charge on any atom is -0.487 e. The Morgan fingerprint density at radius 1 is 0.733 bits per heavy atom. The van der Waals surface area contributed by atoms with Crippen LogP contribution in [-0.4, -0.2) is 17.5 Å². The molecule has 1 aromatic heterocycles. The molecule has 0 unspecified atom stereocenters. The van der Waals surface area contributed by atoms with Gasteiger partial charge >= 0.3 is 0 Å². The summed E-state index contributed by atoms with van der Waals surface area (Å²) in [7, 11) is 0. The molecule has 0 atom stereocenters. The number of benzene rings is 4. The van der Waals surface area contributed by atoms with E-state index in [0.29, 0.717) is 11.5 Å². The van der Waals surface area contributed by atoms with E-state index in [-0.39, 0.29) is 6.61 Å². The lowest BCUT2D eigenvalue weighted by molar-refractivity contribution is 0.308. The molecule has 0 aliphatic heterocycles. The molecule has 5 aromatic rings. The van der Waals surface area contributed by atoms with Crippen molar-refractivity contribution in [3.8, 4) is 16.9 Å². The quantitative estimate of drug-likeness (QED) is 0.210. The second-order valence-corrected chi connectivity index (χ2v) is 7.03. The maximum Gasteiger partial charge on any atom is 0.135 e. The maximum atomic E-state index is 9.52. The van der Waals surface area contributed by atoms with Crippen LogP contribution in [0.3, 0.4) is 0 Å². The summed E-state index contributed by atoms with van der Waals surface area (Å²) in [4.78, 5) is 0. The van der Waals surface area contributed by atoms with E-state index in [9.17, 15) is 5.21 Å². The molecule has 4 heteroatoms. The normalized spacial score (nSPS) is 11.8. The van der Waals surface area contributed by atoms with Gasteiger partial charge in [-0.15, -0.1) is 0 Å². The third kappa shape index (κ3) is 3.40. The van der Waals surface area contributed by atoms with Gasteiger partial charge in [-0.25, -0.2) is 0 Å². The van der Waals surface area contributed by atoms with Crippen LogP contribution in [0.5, 0.6) is 5.75 Å². The number of rotatable bonds is 5. The minimum atomic E-state index is 0.155. The first-order chi connectivity index (χ1) is 14.8. The monoisotopic (exact) mass is 393 g/mol. The molecule has 30 heavy (non-hydrogen) atoms. The lowest BCUT2D eigenvalue weighted by Crippen LogP contribution is -2.13. The van der Waals surface area contributed by atoms with E-state index in [2.05, 4.69) is 17.3 Å². The van der Waals surface area contributed by atoms with Crippen molar-refractivity contribution < 1.29 is 14.4 Å². The molecule has 0 fully saturated rings. The number of oxime groups is 1. The first kappa shape index (κ1) is 18.0. The molecule has 0 radical (unpaired) electrons. The topological polar surface area (TPSA) is 55.0 Å². The Bertz CT molecular complexity index is 1340. The van der Waals surface area contributed by atoms with Crippen LogP contribution in [0.25, 0.3) is 33.1 Å². The largest absolute Gasteiger partial charge is 0.487 e. The summed E-state index contributed by atoms with van der Waals surface area (Å²) in [6, 6.07) is 31.7. The summed E-state index contributed by atoms with van der Waals surface area (Å²) < 4.78 is 11.8. The second-order valence-electron chi connectivity index (χ2n) is 7.03. The SMILES string of the molecule is O/N=C(\COc1ccc2oc3ccccc3c2c1)c1ccc(-c2ccccc2)cc1. The highest BCUT2D eigenvalue weighted by molar-refractivity contribution is 6.05. The number of furan rings is 1. The van der Waals surface area contributed by atoms with Crippen LogP contribution >= 0.6 is 0 Å². The van der Waals surface area contributed by atoms with Gasteiger partial charge in [-0.1, -0.05) is 78.0 Å². The Balaban J connectivity index is 1.35. The molecule has 0 amide bonds. The minimum absolute atomic E-state index is 0.155. The number of fused-ring (bicyclic) bond motifs is 3. The number of ether oxygens (including phenoxy) is 1. The van der Waals surface area contributed by atoms with Gasteiger partial charge in [0, 0.05) is 16.3 Å². The van der Waals surface area contributed by atoms with Crippen LogP contribution in [0.2, 0.25) is 0 Å². The van der Waals surface area contributed by atoms with Crippen molar-refractivity contribution in [1.29, 1.82) is 0 Å². The third-order valence-corrected chi connectivity index (χ3v) is 5.17. The van der Waals surface area contributed by atoms with E-state index in [1.165, 1.54) is 0 Å². The fourth-order valence-corrected chi connectivity index (χ4v) is 3.60. The predicted octanol–water partition coefficient (Wildman–Crippen LogP) is 6.51. The van der Waals surface area contributed by atoms with Crippen LogP contribution in [0.15, 0.2) is 107 Å².